The van der Waals surface area contributed by atoms with Crippen LogP contribution in [0.2, 0.25) is 0 Å². The van der Waals surface area contributed by atoms with Crippen molar-refractivity contribution in [1.82, 2.24) is 0 Å². The van der Waals surface area contributed by atoms with E-state index in [-0.39, 0.29) is 5.25 Å². The number of rotatable bonds is 3. The van der Waals surface area contributed by atoms with Crippen molar-refractivity contribution in [2.45, 2.75) is 12.2 Å². The van der Waals surface area contributed by atoms with E-state index < -0.39 is 0 Å². The van der Waals surface area contributed by atoms with Crippen LogP contribution < -0.4 is 9.47 Å². The van der Waals surface area contributed by atoms with E-state index in [0.717, 1.165) is 17.1 Å². The van der Waals surface area contributed by atoms with Gasteiger partial charge < -0.3 is 9.47 Å². The van der Waals surface area contributed by atoms with Gasteiger partial charge in [0, 0.05) is 11.3 Å². The first kappa shape index (κ1) is 10.3. The Labute approximate surface area is 84.3 Å². The summed E-state index contributed by atoms with van der Waals surface area (Å²) in [5.41, 5.74) is 1.10. The lowest BCUT2D eigenvalue weighted by molar-refractivity contribution is 0.393. The molecule has 72 valence electrons. The van der Waals surface area contributed by atoms with Crippen molar-refractivity contribution in [3.05, 3.63) is 23.8 Å². The van der Waals surface area contributed by atoms with Gasteiger partial charge in [0.25, 0.3) is 0 Å². The highest BCUT2D eigenvalue weighted by Gasteiger charge is 2.04. The molecule has 1 rings (SSSR count). The number of thiol groups is 1. The predicted molar refractivity (Wildman–Crippen MR) is 56.9 cm³/mol. The van der Waals surface area contributed by atoms with E-state index in [4.69, 9.17) is 9.47 Å². The standard InChI is InChI=1S/C10H14O2S/c1-7(13)8-4-9(11-2)6-10(5-8)12-3/h4-7,13H,1-3H3. The summed E-state index contributed by atoms with van der Waals surface area (Å²) in [6.45, 7) is 2.01. The first-order chi connectivity index (χ1) is 6.17. The van der Waals surface area contributed by atoms with Crippen molar-refractivity contribution in [2.75, 3.05) is 14.2 Å². The van der Waals surface area contributed by atoms with Gasteiger partial charge in [0.1, 0.15) is 11.5 Å². The molecule has 1 atom stereocenters. The van der Waals surface area contributed by atoms with Crippen LogP contribution in [0.25, 0.3) is 0 Å². The van der Waals surface area contributed by atoms with E-state index in [0.29, 0.717) is 0 Å². The van der Waals surface area contributed by atoms with Gasteiger partial charge >= 0.3 is 0 Å². The van der Waals surface area contributed by atoms with Gasteiger partial charge in [-0.15, -0.1) is 0 Å². The maximum absolute atomic E-state index is 5.13. The molecule has 0 fully saturated rings. The second-order valence-electron chi connectivity index (χ2n) is 2.82. The van der Waals surface area contributed by atoms with Crippen LogP contribution in [0.4, 0.5) is 0 Å². The summed E-state index contributed by atoms with van der Waals surface area (Å²) in [6.07, 6.45) is 0. The highest BCUT2D eigenvalue weighted by Crippen LogP contribution is 2.28. The quantitative estimate of drug-likeness (QED) is 0.753. The fourth-order valence-corrected chi connectivity index (χ4v) is 1.22. The van der Waals surface area contributed by atoms with Gasteiger partial charge in [-0.2, -0.15) is 12.6 Å². The van der Waals surface area contributed by atoms with Gasteiger partial charge in [-0.1, -0.05) is 0 Å². The molecular weight excluding hydrogens is 184 g/mol. The van der Waals surface area contributed by atoms with Crippen molar-refractivity contribution >= 4 is 12.6 Å². The van der Waals surface area contributed by atoms with Crippen LogP contribution in [0.3, 0.4) is 0 Å². The van der Waals surface area contributed by atoms with Gasteiger partial charge in [-0.25, -0.2) is 0 Å². The van der Waals surface area contributed by atoms with Gasteiger partial charge in [0.15, 0.2) is 0 Å². The zero-order valence-electron chi connectivity index (χ0n) is 8.07. The zero-order chi connectivity index (χ0) is 9.84. The first-order valence-corrected chi connectivity index (χ1v) is 4.60. The molecule has 0 heterocycles. The van der Waals surface area contributed by atoms with Crippen LogP contribution in [0.15, 0.2) is 18.2 Å². The van der Waals surface area contributed by atoms with E-state index in [1.807, 2.05) is 25.1 Å². The third-order valence-electron chi connectivity index (χ3n) is 1.86. The number of benzene rings is 1. The smallest absolute Gasteiger partial charge is 0.122 e. The van der Waals surface area contributed by atoms with Crippen molar-refractivity contribution in [3.8, 4) is 11.5 Å². The molecule has 1 aromatic carbocycles. The van der Waals surface area contributed by atoms with E-state index in [2.05, 4.69) is 12.6 Å². The summed E-state index contributed by atoms with van der Waals surface area (Å²) in [7, 11) is 3.28. The molecule has 1 aromatic rings. The van der Waals surface area contributed by atoms with Crippen LogP contribution in [0.1, 0.15) is 17.7 Å². The zero-order valence-corrected chi connectivity index (χ0v) is 8.97. The maximum Gasteiger partial charge on any atom is 0.122 e. The second-order valence-corrected chi connectivity index (χ2v) is 3.60. The molecule has 0 bridgehead atoms. The molecule has 0 saturated carbocycles. The van der Waals surface area contributed by atoms with Gasteiger partial charge in [0.05, 0.1) is 14.2 Å². The number of hydrogen-bond donors (Lipinski definition) is 1. The summed E-state index contributed by atoms with van der Waals surface area (Å²) in [6, 6.07) is 5.76. The maximum atomic E-state index is 5.13. The lowest BCUT2D eigenvalue weighted by Gasteiger charge is -2.09. The van der Waals surface area contributed by atoms with Crippen molar-refractivity contribution in [2.24, 2.45) is 0 Å². The monoisotopic (exact) mass is 198 g/mol. The molecule has 0 amide bonds. The van der Waals surface area contributed by atoms with Gasteiger partial charge in [-0.3, -0.25) is 0 Å². The Hall–Kier alpha value is -0.830. The normalized spacial score (nSPS) is 12.3. The van der Waals surface area contributed by atoms with Crippen molar-refractivity contribution in [3.63, 3.8) is 0 Å². The topological polar surface area (TPSA) is 18.5 Å². The van der Waals surface area contributed by atoms with Crippen molar-refractivity contribution in [1.29, 1.82) is 0 Å². The van der Waals surface area contributed by atoms with Crippen LogP contribution in [0.5, 0.6) is 11.5 Å². The van der Waals surface area contributed by atoms with E-state index in [1.165, 1.54) is 0 Å². The number of methoxy groups -OCH3 is 2. The fraction of sp³-hybridized carbons (Fsp3) is 0.400. The summed E-state index contributed by atoms with van der Waals surface area (Å²) >= 11 is 4.35. The third kappa shape index (κ3) is 2.56. The Balaban J connectivity index is 3.07. The second kappa shape index (κ2) is 4.42. The van der Waals surface area contributed by atoms with Crippen molar-refractivity contribution < 1.29 is 9.47 Å². The van der Waals surface area contributed by atoms with Crippen LogP contribution in [-0.4, -0.2) is 14.2 Å². The van der Waals surface area contributed by atoms with Gasteiger partial charge in [-0.05, 0) is 24.6 Å². The molecule has 0 saturated heterocycles. The molecule has 0 aliphatic rings. The minimum atomic E-state index is 0.184. The number of hydrogen-bond acceptors (Lipinski definition) is 3. The summed E-state index contributed by atoms with van der Waals surface area (Å²) < 4.78 is 10.3. The molecule has 0 spiro atoms. The molecule has 0 aliphatic heterocycles. The third-order valence-corrected chi connectivity index (χ3v) is 2.15. The lowest BCUT2D eigenvalue weighted by atomic mass is 10.1. The average molecular weight is 198 g/mol. The van der Waals surface area contributed by atoms with Crippen LogP contribution in [-0.2, 0) is 0 Å². The van der Waals surface area contributed by atoms with Crippen LogP contribution in [0, 0.1) is 0 Å². The Kier molecular flexibility index (Phi) is 3.48. The molecule has 0 N–H and O–H groups in total. The SMILES string of the molecule is COc1cc(OC)cc(C(C)S)c1. The Morgan fingerprint density at radius 3 is 1.85 bits per heavy atom. The Bertz CT molecular complexity index is 262. The van der Waals surface area contributed by atoms with Gasteiger partial charge in [0.2, 0.25) is 0 Å². The average Bonchev–Trinajstić information content (AvgIpc) is 2.16. The largest absolute Gasteiger partial charge is 0.497 e. The molecule has 0 aromatic heterocycles. The Morgan fingerprint density at radius 1 is 1.08 bits per heavy atom. The molecule has 1 unspecified atom stereocenters. The van der Waals surface area contributed by atoms with E-state index in [9.17, 15) is 0 Å². The van der Waals surface area contributed by atoms with E-state index >= 15 is 0 Å². The highest BCUT2D eigenvalue weighted by atomic mass is 32.1. The predicted octanol–water partition coefficient (Wildman–Crippen LogP) is 2.69. The summed E-state index contributed by atoms with van der Waals surface area (Å²) in [5, 5.41) is 0.184. The minimum Gasteiger partial charge on any atom is -0.497 e. The molecule has 3 heteroatoms. The number of ether oxygens (including phenoxy) is 2. The fourth-order valence-electron chi connectivity index (χ4n) is 1.07. The Morgan fingerprint density at radius 2 is 1.54 bits per heavy atom. The van der Waals surface area contributed by atoms with E-state index in [1.54, 1.807) is 14.2 Å². The lowest BCUT2D eigenvalue weighted by Crippen LogP contribution is -1.91. The minimum absolute atomic E-state index is 0.184. The summed E-state index contributed by atoms with van der Waals surface area (Å²) in [5.74, 6) is 1.60. The first-order valence-electron chi connectivity index (χ1n) is 4.08. The molecule has 13 heavy (non-hydrogen) atoms. The molecule has 0 radical (unpaired) electrons. The highest BCUT2D eigenvalue weighted by molar-refractivity contribution is 7.80. The van der Waals surface area contributed by atoms with Crippen LogP contribution >= 0.6 is 12.6 Å². The molecular formula is C10H14O2S. The molecule has 0 aliphatic carbocycles. The molecule has 2 nitrogen and oxygen atoms in total. The summed E-state index contributed by atoms with van der Waals surface area (Å²) in [4.78, 5) is 0.